The smallest absolute Gasteiger partial charge is 0.410 e. The first kappa shape index (κ1) is 14.4. The largest absolute Gasteiger partial charge is 0.446 e. The highest BCUT2D eigenvalue weighted by atomic mass is 16.6. The first-order valence-corrected chi connectivity index (χ1v) is 7.02. The molecule has 1 amide bonds. The number of carbonyl (C=O) groups is 1. The van der Waals surface area contributed by atoms with Crippen LogP contribution in [0.5, 0.6) is 0 Å². The van der Waals surface area contributed by atoms with Gasteiger partial charge in [-0.2, -0.15) is 0 Å². The molecule has 0 radical (unpaired) electrons. The summed E-state index contributed by atoms with van der Waals surface area (Å²) in [5, 5.41) is 0. The molecule has 6 nitrogen and oxygen atoms in total. The minimum Gasteiger partial charge on any atom is -0.446 e. The highest BCUT2D eigenvalue weighted by Gasteiger charge is 2.23. The maximum absolute atomic E-state index is 11.9. The van der Waals surface area contributed by atoms with Gasteiger partial charge >= 0.3 is 6.09 Å². The van der Waals surface area contributed by atoms with E-state index in [-0.39, 0.29) is 12.2 Å². The number of piperazine rings is 1. The summed E-state index contributed by atoms with van der Waals surface area (Å²) in [5.41, 5.74) is 6.61. The van der Waals surface area contributed by atoms with Gasteiger partial charge in [0.2, 0.25) is 0 Å². The van der Waals surface area contributed by atoms with Crippen LogP contribution >= 0.6 is 0 Å². The van der Waals surface area contributed by atoms with Crippen LogP contribution in [0.25, 0.3) is 0 Å². The molecule has 0 spiro atoms. The van der Waals surface area contributed by atoms with E-state index in [0.717, 1.165) is 25.2 Å². The number of rotatable bonds is 3. The van der Waals surface area contributed by atoms with Gasteiger partial charge in [0, 0.05) is 26.2 Å². The molecule has 0 aliphatic carbocycles. The van der Waals surface area contributed by atoms with E-state index in [1.165, 1.54) is 0 Å². The fourth-order valence-corrected chi connectivity index (χ4v) is 2.06. The Morgan fingerprint density at radius 3 is 2.65 bits per heavy atom. The molecule has 0 bridgehead atoms. The Morgan fingerprint density at radius 1 is 1.40 bits per heavy atom. The van der Waals surface area contributed by atoms with Crippen LogP contribution in [0.2, 0.25) is 0 Å². The van der Waals surface area contributed by atoms with E-state index in [9.17, 15) is 4.79 Å². The van der Waals surface area contributed by atoms with Gasteiger partial charge in [-0.05, 0) is 25.5 Å². The number of carbonyl (C=O) groups excluding carboxylic acids is 1. The fraction of sp³-hybridized carbons (Fsp3) is 0.571. The Labute approximate surface area is 119 Å². The molecule has 1 aliphatic heterocycles. The maximum atomic E-state index is 11.9. The molecular weight excluding hydrogens is 256 g/mol. The van der Waals surface area contributed by atoms with Crippen LogP contribution in [0.1, 0.15) is 20.3 Å². The lowest BCUT2D eigenvalue weighted by molar-refractivity contribution is 0.0669. The second-order valence-electron chi connectivity index (χ2n) is 5.02. The molecular formula is C14H22N4O2. The molecule has 0 saturated carbocycles. The SMILES string of the molecule is CCC(C)OC(=O)N1CCN(c2ccc(N)nc2)CC1. The first-order valence-electron chi connectivity index (χ1n) is 7.02. The van der Waals surface area contributed by atoms with Crippen molar-refractivity contribution in [2.75, 3.05) is 36.8 Å². The molecule has 6 heteroatoms. The van der Waals surface area contributed by atoms with Crippen molar-refractivity contribution in [3.63, 3.8) is 0 Å². The molecule has 2 heterocycles. The van der Waals surface area contributed by atoms with Gasteiger partial charge in [-0.3, -0.25) is 0 Å². The molecule has 20 heavy (non-hydrogen) atoms. The normalized spacial score (nSPS) is 16.9. The van der Waals surface area contributed by atoms with Crippen LogP contribution in [0.3, 0.4) is 0 Å². The molecule has 1 aromatic rings. The quantitative estimate of drug-likeness (QED) is 0.911. The van der Waals surface area contributed by atoms with E-state index in [0.29, 0.717) is 18.9 Å². The topological polar surface area (TPSA) is 71.7 Å². The lowest BCUT2D eigenvalue weighted by Gasteiger charge is -2.35. The van der Waals surface area contributed by atoms with E-state index in [1.54, 1.807) is 17.2 Å². The van der Waals surface area contributed by atoms with Gasteiger partial charge in [-0.25, -0.2) is 9.78 Å². The van der Waals surface area contributed by atoms with Gasteiger partial charge in [0.05, 0.1) is 11.9 Å². The summed E-state index contributed by atoms with van der Waals surface area (Å²) in [6, 6.07) is 3.74. The molecule has 1 fully saturated rings. The molecule has 110 valence electrons. The molecule has 1 aliphatic rings. The maximum Gasteiger partial charge on any atom is 0.410 e. The zero-order valence-electron chi connectivity index (χ0n) is 12.1. The highest BCUT2D eigenvalue weighted by Crippen LogP contribution is 2.16. The Hall–Kier alpha value is -1.98. The van der Waals surface area contributed by atoms with E-state index in [1.807, 2.05) is 19.9 Å². The summed E-state index contributed by atoms with van der Waals surface area (Å²) >= 11 is 0. The minimum absolute atomic E-state index is 0.0261. The summed E-state index contributed by atoms with van der Waals surface area (Å²) in [7, 11) is 0. The van der Waals surface area contributed by atoms with Gasteiger partial charge in [0.25, 0.3) is 0 Å². The van der Waals surface area contributed by atoms with Gasteiger partial charge in [0.15, 0.2) is 0 Å². The summed E-state index contributed by atoms with van der Waals surface area (Å²) in [6.45, 7) is 6.81. The Balaban J connectivity index is 1.86. The van der Waals surface area contributed by atoms with Gasteiger partial charge < -0.3 is 20.3 Å². The molecule has 0 aromatic carbocycles. The first-order chi connectivity index (χ1) is 9.60. The van der Waals surface area contributed by atoms with Gasteiger partial charge in [0.1, 0.15) is 11.9 Å². The zero-order chi connectivity index (χ0) is 14.5. The summed E-state index contributed by atoms with van der Waals surface area (Å²) in [6.07, 6.45) is 2.36. The summed E-state index contributed by atoms with van der Waals surface area (Å²) < 4.78 is 5.34. The van der Waals surface area contributed by atoms with Crippen LogP contribution < -0.4 is 10.6 Å². The molecule has 2 N–H and O–H groups in total. The number of ether oxygens (including phenoxy) is 1. The van der Waals surface area contributed by atoms with Crippen LogP contribution in [-0.4, -0.2) is 48.3 Å². The van der Waals surface area contributed by atoms with E-state index in [4.69, 9.17) is 10.5 Å². The minimum atomic E-state index is -0.213. The second kappa shape index (κ2) is 6.45. The third kappa shape index (κ3) is 3.53. The molecule has 1 unspecified atom stereocenters. The van der Waals surface area contributed by atoms with Gasteiger partial charge in [-0.1, -0.05) is 6.92 Å². The standard InChI is InChI=1S/C14H22N4O2/c1-3-11(2)20-14(19)18-8-6-17(7-9-18)12-4-5-13(15)16-10-12/h4-5,10-11H,3,6-9H2,1-2H3,(H2,15,16). The van der Waals surface area contributed by atoms with Crippen molar-refractivity contribution in [2.24, 2.45) is 0 Å². The predicted molar refractivity (Wildman–Crippen MR) is 78.7 cm³/mol. The zero-order valence-corrected chi connectivity index (χ0v) is 12.1. The van der Waals surface area contributed by atoms with Crippen molar-refractivity contribution in [2.45, 2.75) is 26.4 Å². The van der Waals surface area contributed by atoms with Gasteiger partial charge in [-0.15, -0.1) is 0 Å². The Morgan fingerprint density at radius 2 is 2.10 bits per heavy atom. The number of anilines is 2. The third-order valence-corrected chi connectivity index (χ3v) is 3.55. The summed E-state index contributed by atoms with van der Waals surface area (Å²) in [4.78, 5) is 20.0. The number of nitrogens with zero attached hydrogens (tertiary/aromatic N) is 3. The number of hydrogen-bond acceptors (Lipinski definition) is 5. The van der Waals surface area contributed by atoms with E-state index < -0.39 is 0 Å². The Kier molecular flexibility index (Phi) is 4.65. The van der Waals surface area contributed by atoms with Crippen LogP contribution in [0.4, 0.5) is 16.3 Å². The average molecular weight is 278 g/mol. The molecule has 1 aromatic heterocycles. The lowest BCUT2D eigenvalue weighted by Crippen LogP contribution is -2.49. The fourth-order valence-electron chi connectivity index (χ4n) is 2.06. The van der Waals surface area contributed by atoms with Crippen molar-refractivity contribution in [3.8, 4) is 0 Å². The predicted octanol–water partition coefficient (Wildman–Crippen LogP) is 1.72. The molecule has 1 atom stereocenters. The number of nitrogens with two attached hydrogens (primary N) is 1. The molecule has 1 saturated heterocycles. The van der Waals surface area contributed by atoms with Crippen molar-refractivity contribution in [1.29, 1.82) is 0 Å². The van der Waals surface area contributed by atoms with E-state index in [2.05, 4.69) is 9.88 Å². The highest BCUT2D eigenvalue weighted by molar-refractivity contribution is 5.68. The number of aromatic nitrogens is 1. The van der Waals surface area contributed by atoms with Crippen molar-refractivity contribution >= 4 is 17.6 Å². The molecule has 2 rings (SSSR count). The van der Waals surface area contributed by atoms with Crippen LogP contribution in [0.15, 0.2) is 18.3 Å². The van der Waals surface area contributed by atoms with Crippen LogP contribution in [0, 0.1) is 0 Å². The number of nitrogen functional groups attached to an aromatic ring is 1. The number of amides is 1. The number of pyridine rings is 1. The number of hydrogen-bond donors (Lipinski definition) is 1. The Bertz CT molecular complexity index is 441. The monoisotopic (exact) mass is 278 g/mol. The average Bonchev–Trinajstić information content (AvgIpc) is 2.48. The van der Waals surface area contributed by atoms with Crippen molar-refractivity contribution < 1.29 is 9.53 Å². The van der Waals surface area contributed by atoms with Crippen molar-refractivity contribution in [3.05, 3.63) is 18.3 Å². The van der Waals surface area contributed by atoms with E-state index >= 15 is 0 Å². The van der Waals surface area contributed by atoms with Crippen LogP contribution in [-0.2, 0) is 4.74 Å². The summed E-state index contributed by atoms with van der Waals surface area (Å²) in [5.74, 6) is 0.518. The second-order valence-corrected chi connectivity index (χ2v) is 5.02. The third-order valence-electron chi connectivity index (χ3n) is 3.55. The lowest BCUT2D eigenvalue weighted by atomic mass is 10.3. The van der Waals surface area contributed by atoms with Crippen molar-refractivity contribution in [1.82, 2.24) is 9.88 Å².